The van der Waals surface area contributed by atoms with Crippen LogP contribution in [0.1, 0.15) is 16.8 Å². The molecule has 152 valence electrons. The van der Waals surface area contributed by atoms with E-state index in [1.165, 1.54) is 25.3 Å². The monoisotopic (exact) mass is 408 g/mol. The largest absolute Gasteiger partial charge is 0.496 e. The summed E-state index contributed by atoms with van der Waals surface area (Å²) in [6.07, 6.45) is 5.79. The Hall–Kier alpha value is -2.43. The van der Waals surface area contributed by atoms with Crippen LogP contribution >= 0.6 is 0 Å². The molecule has 1 saturated heterocycles. The Kier molecular flexibility index (Phi) is 6.65. The Morgan fingerprint density at radius 2 is 2.11 bits per heavy atom. The van der Waals surface area contributed by atoms with Crippen molar-refractivity contribution in [2.75, 3.05) is 40.0 Å². The molecule has 1 aromatic heterocycles. The number of amides is 1. The highest BCUT2D eigenvalue weighted by Crippen LogP contribution is 2.24. The molecule has 1 N–H and O–H groups in total. The second-order valence-corrected chi connectivity index (χ2v) is 8.09. The third kappa shape index (κ3) is 4.89. The van der Waals surface area contributed by atoms with Gasteiger partial charge in [0.2, 0.25) is 10.0 Å². The van der Waals surface area contributed by atoms with Crippen LogP contribution in [-0.2, 0) is 21.3 Å². The van der Waals surface area contributed by atoms with Gasteiger partial charge in [-0.15, -0.1) is 0 Å². The molecule has 0 bridgehead atoms. The van der Waals surface area contributed by atoms with E-state index in [1.807, 2.05) is 10.8 Å². The zero-order valence-corrected chi connectivity index (χ0v) is 16.5. The molecule has 28 heavy (non-hydrogen) atoms. The highest BCUT2D eigenvalue weighted by Gasteiger charge is 2.24. The second kappa shape index (κ2) is 9.18. The standard InChI is InChI=1S/C18H24N4O5S/c1-26-17-4-3-15(13-16(17)18(23)22-9-11-27-12-10-22)28(24,25)20-5-2-7-21-8-6-19-14-21/h3-4,6,8,13-14,20H,2,5,7,9-12H2,1H3. The smallest absolute Gasteiger partial charge is 0.257 e. The Bertz CT molecular complexity index is 893. The number of hydrogen-bond acceptors (Lipinski definition) is 6. The van der Waals surface area contributed by atoms with Crippen LogP contribution in [0.5, 0.6) is 5.75 Å². The summed E-state index contributed by atoms with van der Waals surface area (Å²) >= 11 is 0. The van der Waals surface area contributed by atoms with Gasteiger partial charge in [-0.25, -0.2) is 18.1 Å². The number of carbonyl (C=O) groups excluding carboxylic acids is 1. The summed E-state index contributed by atoms with van der Waals surface area (Å²) in [5, 5.41) is 0. The van der Waals surface area contributed by atoms with Crippen LogP contribution in [0.2, 0.25) is 0 Å². The summed E-state index contributed by atoms with van der Waals surface area (Å²) in [6.45, 7) is 2.79. The minimum Gasteiger partial charge on any atom is -0.496 e. The number of rotatable bonds is 8. The fraction of sp³-hybridized carbons (Fsp3) is 0.444. The molecule has 1 aromatic carbocycles. The summed E-state index contributed by atoms with van der Waals surface area (Å²) < 4.78 is 40.2. The van der Waals surface area contributed by atoms with Gasteiger partial charge in [0, 0.05) is 38.6 Å². The molecule has 1 aliphatic rings. The molecule has 9 nitrogen and oxygen atoms in total. The van der Waals surface area contributed by atoms with Gasteiger partial charge in [-0.05, 0) is 24.6 Å². The van der Waals surface area contributed by atoms with Crippen LogP contribution in [0, 0.1) is 0 Å². The lowest BCUT2D eigenvalue weighted by Gasteiger charge is -2.27. The molecule has 0 unspecified atom stereocenters. The van der Waals surface area contributed by atoms with E-state index in [-0.39, 0.29) is 22.9 Å². The maximum absolute atomic E-state index is 12.8. The fourth-order valence-corrected chi connectivity index (χ4v) is 4.03. The zero-order valence-electron chi connectivity index (χ0n) is 15.7. The molecular weight excluding hydrogens is 384 g/mol. The van der Waals surface area contributed by atoms with Crippen LogP contribution in [0.4, 0.5) is 0 Å². The summed E-state index contributed by atoms with van der Waals surface area (Å²) in [6, 6.07) is 4.32. The number of ether oxygens (including phenoxy) is 2. The van der Waals surface area contributed by atoms with Crippen molar-refractivity contribution in [1.82, 2.24) is 19.2 Å². The Morgan fingerprint density at radius 1 is 1.32 bits per heavy atom. The minimum absolute atomic E-state index is 0.0348. The van der Waals surface area contributed by atoms with Gasteiger partial charge in [-0.3, -0.25) is 4.79 Å². The molecule has 0 aliphatic carbocycles. The molecule has 1 amide bonds. The van der Waals surface area contributed by atoms with E-state index in [0.717, 1.165) is 0 Å². The number of morpholine rings is 1. The maximum Gasteiger partial charge on any atom is 0.257 e. The zero-order chi connectivity index (χ0) is 20.0. The average Bonchev–Trinajstić information content (AvgIpc) is 3.24. The van der Waals surface area contributed by atoms with Crippen molar-refractivity contribution in [1.29, 1.82) is 0 Å². The highest BCUT2D eigenvalue weighted by atomic mass is 32.2. The van der Waals surface area contributed by atoms with Crippen molar-refractivity contribution < 1.29 is 22.7 Å². The number of nitrogens with one attached hydrogen (secondary N) is 1. The molecule has 2 aromatic rings. The van der Waals surface area contributed by atoms with Gasteiger partial charge in [0.1, 0.15) is 5.75 Å². The SMILES string of the molecule is COc1ccc(S(=O)(=O)NCCCn2ccnc2)cc1C(=O)N1CCOCC1. The molecule has 10 heteroatoms. The number of aromatic nitrogens is 2. The molecular formula is C18H24N4O5S. The number of hydrogen-bond donors (Lipinski definition) is 1. The quantitative estimate of drug-likeness (QED) is 0.646. The number of methoxy groups -OCH3 is 1. The summed E-state index contributed by atoms with van der Waals surface area (Å²) in [4.78, 5) is 18.4. The van der Waals surface area contributed by atoms with Crippen LogP contribution < -0.4 is 9.46 Å². The first kappa shape index (κ1) is 20.3. The molecule has 1 fully saturated rings. The topological polar surface area (TPSA) is 103 Å². The normalized spacial score (nSPS) is 14.8. The van der Waals surface area contributed by atoms with E-state index in [1.54, 1.807) is 17.4 Å². The number of benzene rings is 1. The number of imidazole rings is 1. The molecule has 3 rings (SSSR count). The highest BCUT2D eigenvalue weighted by molar-refractivity contribution is 7.89. The van der Waals surface area contributed by atoms with Crippen molar-refractivity contribution >= 4 is 15.9 Å². The molecule has 0 atom stereocenters. The number of sulfonamides is 1. The Labute approximate surface area is 164 Å². The summed E-state index contributed by atoms with van der Waals surface area (Å²) in [7, 11) is -2.29. The summed E-state index contributed by atoms with van der Waals surface area (Å²) in [5.41, 5.74) is 0.227. The number of aryl methyl sites for hydroxylation is 1. The first-order valence-corrected chi connectivity index (χ1v) is 10.5. The van der Waals surface area contributed by atoms with Gasteiger partial charge in [-0.1, -0.05) is 0 Å². The van der Waals surface area contributed by atoms with E-state index >= 15 is 0 Å². The number of nitrogens with zero attached hydrogens (tertiary/aromatic N) is 3. The van der Waals surface area contributed by atoms with Crippen LogP contribution in [0.3, 0.4) is 0 Å². The predicted octanol–water partition coefficient (Wildman–Crippen LogP) is 0.733. The van der Waals surface area contributed by atoms with Crippen LogP contribution in [0.15, 0.2) is 41.8 Å². The Balaban J connectivity index is 1.70. The lowest BCUT2D eigenvalue weighted by molar-refractivity contribution is 0.0300. The van der Waals surface area contributed by atoms with Crippen LogP contribution in [-0.4, -0.2) is 68.7 Å². The van der Waals surface area contributed by atoms with Crippen molar-refractivity contribution in [3.8, 4) is 5.75 Å². The third-order valence-corrected chi connectivity index (χ3v) is 5.91. The minimum atomic E-state index is -3.74. The van der Waals surface area contributed by atoms with Crippen molar-refractivity contribution in [2.45, 2.75) is 17.9 Å². The lowest BCUT2D eigenvalue weighted by atomic mass is 10.1. The lowest BCUT2D eigenvalue weighted by Crippen LogP contribution is -2.40. The fourth-order valence-electron chi connectivity index (χ4n) is 2.93. The van der Waals surface area contributed by atoms with Gasteiger partial charge < -0.3 is 18.9 Å². The van der Waals surface area contributed by atoms with Gasteiger partial charge in [0.05, 0.1) is 37.1 Å². The first-order chi connectivity index (χ1) is 13.5. The van der Waals surface area contributed by atoms with Crippen molar-refractivity contribution in [3.63, 3.8) is 0 Å². The first-order valence-electron chi connectivity index (χ1n) is 9.02. The Morgan fingerprint density at radius 3 is 2.79 bits per heavy atom. The maximum atomic E-state index is 12.8. The molecule has 0 radical (unpaired) electrons. The van der Waals surface area contributed by atoms with Gasteiger partial charge in [0.25, 0.3) is 5.91 Å². The van der Waals surface area contributed by atoms with Crippen molar-refractivity contribution in [3.05, 3.63) is 42.5 Å². The van der Waals surface area contributed by atoms with E-state index in [9.17, 15) is 13.2 Å². The van der Waals surface area contributed by atoms with E-state index in [0.29, 0.717) is 45.0 Å². The second-order valence-electron chi connectivity index (χ2n) is 6.32. The van der Waals surface area contributed by atoms with Gasteiger partial charge in [-0.2, -0.15) is 0 Å². The van der Waals surface area contributed by atoms with Gasteiger partial charge >= 0.3 is 0 Å². The number of carbonyl (C=O) groups is 1. The summed E-state index contributed by atoms with van der Waals surface area (Å²) in [5.74, 6) is 0.0767. The van der Waals surface area contributed by atoms with E-state index < -0.39 is 10.0 Å². The van der Waals surface area contributed by atoms with E-state index in [4.69, 9.17) is 9.47 Å². The molecule has 0 spiro atoms. The molecule has 0 saturated carbocycles. The van der Waals surface area contributed by atoms with Gasteiger partial charge in [0.15, 0.2) is 0 Å². The molecule has 1 aliphatic heterocycles. The van der Waals surface area contributed by atoms with Crippen molar-refractivity contribution in [2.24, 2.45) is 0 Å². The molecule has 2 heterocycles. The third-order valence-electron chi connectivity index (χ3n) is 4.45. The average molecular weight is 408 g/mol. The predicted molar refractivity (Wildman–Crippen MR) is 102 cm³/mol. The van der Waals surface area contributed by atoms with E-state index in [2.05, 4.69) is 9.71 Å². The van der Waals surface area contributed by atoms with Crippen LogP contribution in [0.25, 0.3) is 0 Å².